The van der Waals surface area contributed by atoms with Crippen molar-refractivity contribution in [2.24, 2.45) is 0 Å². The number of carbonyl (C=O) groups excluding carboxylic acids is 1. The van der Waals surface area contributed by atoms with Crippen molar-refractivity contribution >= 4 is 29.1 Å². The van der Waals surface area contributed by atoms with Gasteiger partial charge in [-0.3, -0.25) is 4.79 Å². The number of hydrogen-bond donors (Lipinski definition) is 3. The highest BCUT2D eigenvalue weighted by molar-refractivity contribution is 6.31. The molecule has 21 heavy (non-hydrogen) atoms. The van der Waals surface area contributed by atoms with Crippen molar-refractivity contribution in [2.75, 3.05) is 38.7 Å². The zero-order chi connectivity index (χ0) is 16.2. The van der Waals surface area contributed by atoms with Gasteiger partial charge in [0.05, 0.1) is 27.2 Å². The van der Waals surface area contributed by atoms with Gasteiger partial charge < -0.3 is 21.3 Å². The lowest BCUT2D eigenvalue weighted by atomic mass is 10.1. The summed E-state index contributed by atoms with van der Waals surface area (Å²) in [6.07, 6.45) is 0.949. The van der Waals surface area contributed by atoms with E-state index in [0.717, 1.165) is 17.4 Å². The molecule has 1 aromatic rings. The molecule has 0 saturated carbocycles. The van der Waals surface area contributed by atoms with Crippen LogP contribution in [0.15, 0.2) is 0 Å². The Hall–Kier alpha value is -1.60. The quantitative estimate of drug-likeness (QED) is 0.676. The number of nitrogens with one attached hydrogen (secondary N) is 1. The molecule has 1 atom stereocenters. The summed E-state index contributed by atoms with van der Waals surface area (Å²) in [5.74, 6) is -0.399. The minimum absolute atomic E-state index is 0.00542. The Bertz CT molecular complexity index is 520. The van der Waals surface area contributed by atoms with E-state index in [9.17, 15) is 4.79 Å². The lowest BCUT2D eigenvalue weighted by Gasteiger charge is -2.36. The molecule has 0 spiro atoms. The van der Waals surface area contributed by atoms with E-state index < -0.39 is 5.91 Å². The molecule has 0 aliphatic carbocycles. The van der Waals surface area contributed by atoms with Gasteiger partial charge >= 0.3 is 0 Å². The number of aromatic nitrogens is 2. The van der Waals surface area contributed by atoms with E-state index >= 15 is 0 Å². The first-order valence-electron chi connectivity index (χ1n) is 6.92. The van der Waals surface area contributed by atoms with Gasteiger partial charge in [-0.05, 0) is 13.3 Å². The molecule has 8 heteroatoms. The lowest BCUT2D eigenvalue weighted by Crippen LogP contribution is -2.53. The van der Waals surface area contributed by atoms with E-state index in [1.165, 1.54) is 0 Å². The number of quaternary nitrogens is 1. The summed E-state index contributed by atoms with van der Waals surface area (Å²) in [5.41, 5.74) is 11.2. The van der Waals surface area contributed by atoms with Gasteiger partial charge in [0.25, 0.3) is 5.91 Å². The normalized spacial score (nSPS) is 13.0. The van der Waals surface area contributed by atoms with Gasteiger partial charge in [-0.15, -0.1) is 0 Å². The molecule has 118 valence electrons. The van der Waals surface area contributed by atoms with Crippen molar-refractivity contribution in [3.63, 3.8) is 0 Å². The zero-order valence-electron chi connectivity index (χ0n) is 13.0. The Morgan fingerprint density at radius 1 is 1.29 bits per heavy atom. The summed E-state index contributed by atoms with van der Waals surface area (Å²) in [6, 6.07) is 0.303. The Morgan fingerprint density at radius 2 is 1.90 bits per heavy atom. The molecule has 0 bridgehead atoms. The minimum atomic E-state index is -0.392. The SMILES string of the molecule is CC[C@@H](CNC(=O)c1nc(Cl)c(N)nc1N)[N+](C)(C)CC. The van der Waals surface area contributed by atoms with Crippen molar-refractivity contribution in [3.05, 3.63) is 10.8 Å². The summed E-state index contributed by atoms with van der Waals surface area (Å²) in [7, 11) is 4.27. The van der Waals surface area contributed by atoms with Gasteiger partial charge in [0, 0.05) is 0 Å². The van der Waals surface area contributed by atoms with Crippen LogP contribution in [-0.4, -0.2) is 53.6 Å². The van der Waals surface area contributed by atoms with Crippen LogP contribution in [0, 0.1) is 0 Å². The Kier molecular flexibility index (Phi) is 5.74. The lowest BCUT2D eigenvalue weighted by molar-refractivity contribution is -0.912. The van der Waals surface area contributed by atoms with E-state index in [-0.39, 0.29) is 22.5 Å². The van der Waals surface area contributed by atoms with Gasteiger partial charge in [-0.2, -0.15) is 0 Å². The topological polar surface area (TPSA) is 107 Å². The molecule has 1 aromatic heterocycles. The molecule has 5 N–H and O–H groups in total. The summed E-state index contributed by atoms with van der Waals surface area (Å²) in [4.78, 5) is 19.9. The number of hydrogen-bond acceptors (Lipinski definition) is 5. The van der Waals surface area contributed by atoms with Crippen LogP contribution in [0.2, 0.25) is 5.15 Å². The van der Waals surface area contributed by atoms with Crippen LogP contribution in [0.25, 0.3) is 0 Å². The maximum absolute atomic E-state index is 12.2. The second-order valence-electron chi connectivity index (χ2n) is 5.50. The molecule has 7 nitrogen and oxygen atoms in total. The fraction of sp³-hybridized carbons (Fsp3) is 0.615. The molecule has 0 saturated heterocycles. The number of likely N-dealkylation sites (N-methyl/N-ethyl adjacent to an activating group) is 1. The summed E-state index contributed by atoms with van der Waals surface area (Å²) >= 11 is 5.78. The highest BCUT2D eigenvalue weighted by Gasteiger charge is 2.26. The first-order valence-corrected chi connectivity index (χ1v) is 7.30. The van der Waals surface area contributed by atoms with E-state index in [4.69, 9.17) is 23.1 Å². The smallest absolute Gasteiger partial charge is 0.274 e. The number of halogens is 1. The van der Waals surface area contributed by atoms with Crippen molar-refractivity contribution in [1.29, 1.82) is 0 Å². The van der Waals surface area contributed by atoms with Crippen LogP contribution >= 0.6 is 11.6 Å². The van der Waals surface area contributed by atoms with E-state index in [2.05, 4.69) is 43.2 Å². The Balaban J connectivity index is 2.80. The van der Waals surface area contributed by atoms with Gasteiger partial charge in [-0.25, -0.2) is 9.97 Å². The molecule has 1 rings (SSSR count). The van der Waals surface area contributed by atoms with Crippen LogP contribution in [0.3, 0.4) is 0 Å². The van der Waals surface area contributed by atoms with Gasteiger partial charge in [0.15, 0.2) is 22.5 Å². The third-order valence-corrected chi connectivity index (χ3v) is 4.17. The monoisotopic (exact) mass is 315 g/mol. The molecular formula is C13H24ClN6O+. The maximum Gasteiger partial charge on any atom is 0.274 e. The number of nitrogens with zero attached hydrogens (tertiary/aromatic N) is 3. The summed E-state index contributed by atoms with van der Waals surface area (Å²) < 4.78 is 0.820. The molecule has 0 fully saturated rings. The minimum Gasteiger partial charge on any atom is -0.382 e. The van der Waals surface area contributed by atoms with Crippen LogP contribution in [0.1, 0.15) is 30.8 Å². The third kappa shape index (κ3) is 4.18. The zero-order valence-corrected chi connectivity index (χ0v) is 13.7. The molecule has 0 aromatic carbocycles. The molecule has 0 aliphatic rings. The van der Waals surface area contributed by atoms with Gasteiger partial charge in [-0.1, -0.05) is 18.5 Å². The number of carbonyl (C=O) groups is 1. The summed E-state index contributed by atoms with van der Waals surface area (Å²) in [5, 5.41) is 2.82. The molecule has 1 heterocycles. The van der Waals surface area contributed by atoms with E-state index in [1.807, 2.05) is 0 Å². The highest BCUT2D eigenvalue weighted by atomic mass is 35.5. The average molecular weight is 316 g/mol. The van der Waals surface area contributed by atoms with Gasteiger partial charge in [0.1, 0.15) is 6.04 Å². The predicted molar refractivity (Wildman–Crippen MR) is 84.9 cm³/mol. The molecule has 0 aliphatic heterocycles. The fourth-order valence-electron chi connectivity index (χ4n) is 2.05. The van der Waals surface area contributed by atoms with Crippen molar-refractivity contribution in [3.8, 4) is 0 Å². The number of rotatable bonds is 6. The molecule has 0 radical (unpaired) electrons. The number of amides is 1. The molecule has 0 unspecified atom stereocenters. The van der Waals surface area contributed by atoms with Crippen LogP contribution in [0.4, 0.5) is 11.6 Å². The second kappa shape index (κ2) is 6.91. The number of nitrogens with two attached hydrogens (primary N) is 2. The maximum atomic E-state index is 12.2. The second-order valence-corrected chi connectivity index (χ2v) is 5.86. The first-order chi connectivity index (χ1) is 9.72. The fourth-order valence-corrected chi connectivity index (χ4v) is 2.17. The van der Waals surface area contributed by atoms with Crippen LogP contribution in [0.5, 0.6) is 0 Å². The molecule has 1 amide bonds. The largest absolute Gasteiger partial charge is 0.382 e. The standard InChI is InChI=1S/C13H23ClN6O/c1-5-8(20(3,4)6-2)7-17-13(21)9-11(15)19-12(16)10(14)18-9/h8H,5-7H2,1-4H3,(H4-,15,16,17,19,21)/p+1/t8-/m0/s1. The van der Waals surface area contributed by atoms with Crippen molar-refractivity contribution < 1.29 is 9.28 Å². The summed E-state index contributed by atoms with van der Waals surface area (Å²) in [6.45, 7) is 5.72. The Labute approximate surface area is 130 Å². The van der Waals surface area contributed by atoms with Crippen molar-refractivity contribution in [2.45, 2.75) is 26.3 Å². The predicted octanol–water partition coefficient (Wildman–Crippen LogP) is 0.899. The number of anilines is 2. The van der Waals surface area contributed by atoms with Crippen LogP contribution < -0.4 is 16.8 Å². The average Bonchev–Trinajstić information content (AvgIpc) is 2.43. The van der Waals surface area contributed by atoms with E-state index in [0.29, 0.717) is 12.6 Å². The highest BCUT2D eigenvalue weighted by Crippen LogP contribution is 2.17. The van der Waals surface area contributed by atoms with Crippen molar-refractivity contribution in [1.82, 2.24) is 15.3 Å². The van der Waals surface area contributed by atoms with Gasteiger partial charge in [0.2, 0.25) is 0 Å². The van der Waals surface area contributed by atoms with Crippen LogP contribution in [-0.2, 0) is 0 Å². The molecular weight excluding hydrogens is 292 g/mol. The third-order valence-electron chi connectivity index (χ3n) is 3.89. The number of nitrogen functional groups attached to an aromatic ring is 2. The van der Waals surface area contributed by atoms with E-state index in [1.54, 1.807) is 0 Å². The Morgan fingerprint density at radius 3 is 2.43 bits per heavy atom. The first kappa shape index (κ1) is 17.5.